The number of piperidine rings is 1. The summed E-state index contributed by atoms with van der Waals surface area (Å²) in [6.07, 6.45) is 5.78. The van der Waals surface area contributed by atoms with Crippen LogP contribution in [-0.2, 0) is 12.8 Å². The number of aromatic nitrogens is 3. The molecule has 1 fully saturated rings. The number of carbonyl (C=O) groups excluding carboxylic acids is 1. The summed E-state index contributed by atoms with van der Waals surface area (Å²) in [6, 6.07) is 9.87. The largest absolute Gasteiger partial charge is 0.342 e. The maximum absolute atomic E-state index is 13.0. The molecule has 2 aromatic heterocycles. The number of rotatable bonds is 2. The Hall–Kier alpha value is -2.89. The second kappa shape index (κ2) is 6.93. The summed E-state index contributed by atoms with van der Waals surface area (Å²) in [6.45, 7) is 1.30. The molecule has 2 aliphatic rings. The average Bonchev–Trinajstić information content (AvgIpc) is 3.17. The number of nitrogens with zero attached hydrogens (tertiary/aromatic N) is 2. The molecule has 0 radical (unpaired) electrons. The Morgan fingerprint density at radius 3 is 2.68 bits per heavy atom. The van der Waals surface area contributed by atoms with E-state index >= 15 is 0 Å². The van der Waals surface area contributed by atoms with Gasteiger partial charge in [0.05, 0.1) is 11.0 Å². The van der Waals surface area contributed by atoms with Crippen LogP contribution in [0.4, 0.5) is 0 Å². The molecule has 2 N–H and O–H groups in total. The number of aryl methyl sites for hydroxylation is 2. The van der Waals surface area contributed by atoms with Crippen molar-refractivity contribution in [3.8, 4) is 0 Å². The van der Waals surface area contributed by atoms with Gasteiger partial charge in [0.15, 0.2) is 0 Å². The number of amides is 1. The van der Waals surface area contributed by atoms with Gasteiger partial charge in [0, 0.05) is 24.7 Å². The number of likely N-dealkylation sites (tertiary alicyclic amines) is 1. The van der Waals surface area contributed by atoms with Crippen molar-refractivity contribution in [2.45, 2.75) is 44.4 Å². The number of pyridine rings is 1. The van der Waals surface area contributed by atoms with E-state index in [4.69, 9.17) is 4.98 Å². The molecule has 5 rings (SSSR count). The maximum atomic E-state index is 13.0. The zero-order chi connectivity index (χ0) is 19.1. The van der Waals surface area contributed by atoms with Crippen molar-refractivity contribution in [1.82, 2.24) is 19.9 Å². The first-order valence-electron chi connectivity index (χ1n) is 10.2. The Balaban J connectivity index is 1.31. The Morgan fingerprint density at radius 1 is 1.07 bits per heavy atom. The van der Waals surface area contributed by atoms with Crippen LogP contribution in [0.25, 0.3) is 11.0 Å². The van der Waals surface area contributed by atoms with E-state index in [9.17, 15) is 9.59 Å². The molecule has 6 heteroatoms. The minimum absolute atomic E-state index is 0.141. The Bertz CT molecular complexity index is 1060. The van der Waals surface area contributed by atoms with Crippen LogP contribution in [0.15, 0.2) is 35.1 Å². The fraction of sp³-hybridized carbons (Fsp3) is 0.409. The molecule has 144 valence electrons. The summed E-state index contributed by atoms with van der Waals surface area (Å²) < 4.78 is 0. The first-order valence-corrected chi connectivity index (χ1v) is 10.2. The molecule has 1 aliphatic heterocycles. The van der Waals surface area contributed by atoms with E-state index in [1.165, 1.54) is 0 Å². The number of carbonyl (C=O) groups is 1. The van der Waals surface area contributed by atoms with Gasteiger partial charge in [-0.05, 0) is 62.3 Å². The van der Waals surface area contributed by atoms with Gasteiger partial charge in [0.25, 0.3) is 11.5 Å². The smallest absolute Gasteiger partial charge is 0.261 e. The van der Waals surface area contributed by atoms with Gasteiger partial charge < -0.3 is 14.9 Å². The molecule has 6 nitrogen and oxygen atoms in total. The Morgan fingerprint density at radius 2 is 1.86 bits per heavy atom. The lowest BCUT2D eigenvalue weighted by Crippen LogP contribution is -2.40. The highest BCUT2D eigenvalue weighted by atomic mass is 16.2. The van der Waals surface area contributed by atoms with Crippen LogP contribution in [0.1, 0.15) is 59.0 Å². The lowest BCUT2D eigenvalue weighted by atomic mass is 9.93. The topological polar surface area (TPSA) is 81.8 Å². The van der Waals surface area contributed by atoms with E-state index in [0.717, 1.165) is 66.6 Å². The highest BCUT2D eigenvalue weighted by Crippen LogP contribution is 2.28. The van der Waals surface area contributed by atoms with Gasteiger partial charge in [-0.3, -0.25) is 9.59 Å². The van der Waals surface area contributed by atoms with Crippen molar-refractivity contribution < 1.29 is 4.79 Å². The van der Waals surface area contributed by atoms with E-state index in [2.05, 4.69) is 9.97 Å². The summed E-state index contributed by atoms with van der Waals surface area (Å²) in [4.78, 5) is 38.3. The molecule has 3 aromatic rings. The van der Waals surface area contributed by atoms with Crippen molar-refractivity contribution in [3.05, 3.63) is 63.3 Å². The van der Waals surface area contributed by atoms with Crippen LogP contribution in [0.2, 0.25) is 0 Å². The molecule has 0 unspecified atom stereocenters. The average molecular weight is 376 g/mol. The summed E-state index contributed by atoms with van der Waals surface area (Å²) in [5, 5.41) is 0. The summed E-state index contributed by atoms with van der Waals surface area (Å²) in [5.74, 6) is 1.18. The van der Waals surface area contributed by atoms with E-state index in [-0.39, 0.29) is 11.5 Å². The van der Waals surface area contributed by atoms with Crippen LogP contribution < -0.4 is 5.56 Å². The van der Waals surface area contributed by atoms with Crippen LogP contribution in [0, 0.1) is 0 Å². The maximum Gasteiger partial charge on any atom is 0.261 e. The fourth-order valence-electron chi connectivity index (χ4n) is 4.53. The number of H-pyrrole nitrogens is 2. The number of aromatic amines is 2. The number of fused-ring (bicyclic) bond motifs is 2. The number of hydrogen-bond donors (Lipinski definition) is 2. The van der Waals surface area contributed by atoms with E-state index in [1.54, 1.807) is 0 Å². The molecule has 0 atom stereocenters. The van der Waals surface area contributed by atoms with Gasteiger partial charge in [-0.1, -0.05) is 12.1 Å². The molecule has 0 spiro atoms. The van der Waals surface area contributed by atoms with Crippen molar-refractivity contribution in [1.29, 1.82) is 0 Å². The van der Waals surface area contributed by atoms with Gasteiger partial charge >= 0.3 is 0 Å². The minimum atomic E-state index is -0.245. The zero-order valence-electron chi connectivity index (χ0n) is 15.8. The Kier molecular flexibility index (Phi) is 4.26. The third-order valence-electron chi connectivity index (χ3n) is 6.15. The third kappa shape index (κ3) is 3.03. The molecule has 0 bridgehead atoms. The van der Waals surface area contributed by atoms with Crippen molar-refractivity contribution in [3.63, 3.8) is 0 Å². The number of benzene rings is 1. The van der Waals surface area contributed by atoms with Crippen molar-refractivity contribution in [2.24, 2.45) is 0 Å². The predicted molar refractivity (Wildman–Crippen MR) is 108 cm³/mol. The quantitative estimate of drug-likeness (QED) is 0.721. The van der Waals surface area contributed by atoms with E-state index < -0.39 is 0 Å². The molecule has 1 aromatic carbocycles. The lowest BCUT2D eigenvalue weighted by molar-refractivity contribution is 0.0709. The summed E-state index contributed by atoms with van der Waals surface area (Å²) in [7, 11) is 0. The minimum Gasteiger partial charge on any atom is -0.342 e. The van der Waals surface area contributed by atoms with Crippen molar-refractivity contribution >= 4 is 16.9 Å². The number of imidazole rings is 1. The highest BCUT2D eigenvalue weighted by molar-refractivity contribution is 5.94. The third-order valence-corrected chi connectivity index (χ3v) is 6.15. The first-order chi connectivity index (χ1) is 13.7. The van der Waals surface area contributed by atoms with Gasteiger partial charge in [0.1, 0.15) is 11.4 Å². The monoisotopic (exact) mass is 376 g/mol. The number of hydrogen-bond acceptors (Lipinski definition) is 3. The highest BCUT2D eigenvalue weighted by Gasteiger charge is 2.28. The van der Waals surface area contributed by atoms with Gasteiger partial charge in [-0.25, -0.2) is 4.98 Å². The molecule has 1 saturated heterocycles. The van der Waals surface area contributed by atoms with Crippen LogP contribution in [-0.4, -0.2) is 38.8 Å². The van der Waals surface area contributed by atoms with Crippen LogP contribution in [0.3, 0.4) is 0 Å². The first kappa shape index (κ1) is 17.2. The lowest BCUT2D eigenvalue weighted by Gasteiger charge is -2.31. The van der Waals surface area contributed by atoms with Crippen molar-refractivity contribution in [2.75, 3.05) is 13.1 Å². The Labute approximate surface area is 163 Å². The normalized spacial score (nSPS) is 17.6. The molecular formula is C22H24N4O2. The zero-order valence-corrected chi connectivity index (χ0v) is 15.8. The molecule has 1 amide bonds. The predicted octanol–water partition coefficient (Wildman–Crippen LogP) is 3.15. The standard InChI is InChI=1S/C22H24N4O2/c27-21-16(13-15-5-1-2-6-17(15)25-21)22(28)26-11-9-14(10-12-26)20-23-18-7-3-4-8-19(18)24-20/h3-4,7-8,13-14H,1-2,5-6,9-12H2,(H,23,24)(H,25,27). The van der Waals surface area contributed by atoms with E-state index in [0.29, 0.717) is 24.6 Å². The van der Waals surface area contributed by atoms with Crippen LogP contribution in [0.5, 0.6) is 0 Å². The number of nitrogens with one attached hydrogen (secondary N) is 2. The van der Waals surface area contributed by atoms with Crippen LogP contribution >= 0.6 is 0 Å². The second-order valence-corrected chi connectivity index (χ2v) is 7.93. The summed E-state index contributed by atoms with van der Waals surface area (Å²) >= 11 is 0. The molecule has 3 heterocycles. The summed E-state index contributed by atoms with van der Waals surface area (Å²) in [5.41, 5.74) is 4.23. The fourth-order valence-corrected chi connectivity index (χ4v) is 4.53. The molecular weight excluding hydrogens is 352 g/mol. The van der Waals surface area contributed by atoms with Gasteiger partial charge in [0.2, 0.25) is 0 Å². The molecule has 0 saturated carbocycles. The van der Waals surface area contributed by atoms with Gasteiger partial charge in [-0.15, -0.1) is 0 Å². The SMILES string of the molecule is O=C(c1cc2c([nH]c1=O)CCCC2)N1CCC(c2nc3ccccc3[nH]2)CC1. The number of para-hydroxylation sites is 2. The molecule has 28 heavy (non-hydrogen) atoms. The second-order valence-electron chi connectivity index (χ2n) is 7.93. The van der Waals surface area contributed by atoms with Gasteiger partial charge in [-0.2, -0.15) is 0 Å². The molecule has 1 aliphatic carbocycles. The van der Waals surface area contributed by atoms with E-state index in [1.807, 2.05) is 35.2 Å².